The molecule has 2 atom stereocenters. The molecular formula is C28H27FN4O5. The Kier molecular flexibility index (Phi) is 7.06. The van der Waals surface area contributed by atoms with Crippen molar-refractivity contribution in [3.05, 3.63) is 83.9 Å². The molecule has 38 heavy (non-hydrogen) atoms. The van der Waals surface area contributed by atoms with Gasteiger partial charge in [0.1, 0.15) is 11.6 Å². The molecule has 0 amide bonds. The minimum Gasteiger partial charge on any atom is -0.465 e. The molecule has 0 saturated carbocycles. The number of nitrogens with one attached hydrogen (secondary N) is 1. The second kappa shape index (κ2) is 10.6. The summed E-state index contributed by atoms with van der Waals surface area (Å²) >= 11 is 0. The fraction of sp³-hybridized carbons (Fsp3) is 0.286. The number of aromatic nitrogens is 2. The van der Waals surface area contributed by atoms with E-state index in [-0.39, 0.29) is 11.4 Å². The Labute approximate surface area is 218 Å². The van der Waals surface area contributed by atoms with Crippen molar-refractivity contribution in [1.29, 1.82) is 0 Å². The summed E-state index contributed by atoms with van der Waals surface area (Å²) < 4.78 is 32.9. The van der Waals surface area contributed by atoms with Gasteiger partial charge in [-0.15, -0.1) is 0 Å². The van der Waals surface area contributed by atoms with Gasteiger partial charge in [0.2, 0.25) is 5.88 Å². The number of hydrogen-bond donors (Lipinski definition) is 1. The zero-order valence-electron chi connectivity index (χ0n) is 21.0. The van der Waals surface area contributed by atoms with Gasteiger partial charge in [-0.2, -0.15) is 4.39 Å². The Hall–Kier alpha value is -4.31. The van der Waals surface area contributed by atoms with Gasteiger partial charge in [0, 0.05) is 31.0 Å². The van der Waals surface area contributed by atoms with Crippen LogP contribution >= 0.6 is 0 Å². The molecule has 1 fully saturated rings. The Bertz CT molecular complexity index is 1450. The SMILES string of the molecule is COC(=O)c1ccc(OC(F)(C(=O)C(Nc2ccccc2C)c2ccc3ncoc3c2)N2CCCC2)nc1. The number of carbonyl (C=O) groups is 2. The number of ketones is 1. The monoisotopic (exact) mass is 518 g/mol. The lowest BCUT2D eigenvalue weighted by Gasteiger charge is -2.35. The van der Waals surface area contributed by atoms with Crippen molar-refractivity contribution in [3.8, 4) is 5.88 Å². The summed E-state index contributed by atoms with van der Waals surface area (Å²) in [4.78, 5) is 35.6. The van der Waals surface area contributed by atoms with Crippen LogP contribution in [0.15, 0.2) is 71.6 Å². The number of nitrogens with zero attached hydrogens (tertiary/aromatic N) is 3. The number of alkyl halides is 1. The second-order valence-corrected chi connectivity index (χ2v) is 9.07. The van der Waals surface area contributed by atoms with Gasteiger partial charge in [-0.1, -0.05) is 24.3 Å². The first-order valence-corrected chi connectivity index (χ1v) is 12.3. The molecule has 3 heterocycles. The third kappa shape index (κ3) is 4.95. The highest BCUT2D eigenvalue weighted by molar-refractivity contribution is 5.94. The number of pyridine rings is 1. The quantitative estimate of drug-likeness (QED) is 0.246. The summed E-state index contributed by atoms with van der Waals surface area (Å²) in [5, 5.41) is 3.23. The van der Waals surface area contributed by atoms with Crippen molar-refractivity contribution < 1.29 is 27.9 Å². The minimum absolute atomic E-state index is 0.138. The number of Topliss-reactive ketones (excluding diaryl/α,β-unsaturated/α-hetero) is 1. The van der Waals surface area contributed by atoms with E-state index in [4.69, 9.17) is 13.9 Å². The van der Waals surface area contributed by atoms with Crippen molar-refractivity contribution in [2.45, 2.75) is 31.8 Å². The van der Waals surface area contributed by atoms with E-state index in [9.17, 15) is 9.59 Å². The van der Waals surface area contributed by atoms with Gasteiger partial charge < -0.3 is 19.2 Å². The fourth-order valence-corrected chi connectivity index (χ4v) is 4.51. The molecule has 1 aliphatic rings. The van der Waals surface area contributed by atoms with E-state index >= 15 is 4.39 Å². The third-order valence-electron chi connectivity index (χ3n) is 6.61. The average Bonchev–Trinajstić information content (AvgIpc) is 3.65. The highest BCUT2D eigenvalue weighted by atomic mass is 19.2. The number of anilines is 1. The summed E-state index contributed by atoms with van der Waals surface area (Å²) in [5.74, 6) is -4.41. The van der Waals surface area contributed by atoms with Crippen molar-refractivity contribution in [2.75, 3.05) is 25.5 Å². The molecule has 1 saturated heterocycles. The lowest BCUT2D eigenvalue weighted by Crippen LogP contribution is -2.57. The van der Waals surface area contributed by atoms with Gasteiger partial charge in [-0.05, 0) is 55.2 Å². The smallest absolute Gasteiger partial charge is 0.375 e. The van der Waals surface area contributed by atoms with Crippen LogP contribution in [-0.4, -0.2) is 52.8 Å². The van der Waals surface area contributed by atoms with Gasteiger partial charge in [-0.25, -0.2) is 19.7 Å². The summed E-state index contributed by atoms with van der Waals surface area (Å²) in [5.41, 5.74) is 3.31. The molecule has 10 heteroatoms. The molecule has 9 nitrogen and oxygen atoms in total. The minimum atomic E-state index is -2.84. The Balaban J connectivity index is 1.55. The topological polar surface area (TPSA) is 107 Å². The van der Waals surface area contributed by atoms with Crippen LogP contribution in [0.2, 0.25) is 0 Å². The lowest BCUT2D eigenvalue weighted by molar-refractivity contribution is -0.193. The van der Waals surface area contributed by atoms with Gasteiger partial charge in [0.25, 0.3) is 5.78 Å². The number of fused-ring (bicyclic) bond motifs is 1. The van der Waals surface area contributed by atoms with E-state index in [1.807, 2.05) is 31.2 Å². The van der Waals surface area contributed by atoms with Crippen LogP contribution in [0.5, 0.6) is 5.88 Å². The molecule has 1 N–H and O–H groups in total. The highest BCUT2D eigenvalue weighted by Crippen LogP contribution is 2.35. The van der Waals surface area contributed by atoms with E-state index in [1.165, 1.54) is 36.7 Å². The predicted octanol–water partition coefficient (Wildman–Crippen LogP) is 4.84. The number of esters is 1. The van der Waals surface area contributed by atoms with Crippen LogP contribution < -0.4 is 10.1 Å². The molecule has 0 spiro atoms. The molecule has 0 aliphatic carbocycles. The van der Waals surface area contributed by atoms with Gasteiger partial charge in [-0.3, -0.25) is 4.79 Å². The molecular weight excluding hydrogens is 491 g/mol. The number of oxazole rings is 1. The maximum atomic E-state index is 17.0. The van der Waals surface area contributed by atoms with Crippen LogP contribution in [0.4, 0.5) is 10.1 Å². The van der Waals surface area contributed by atoms with Crippen LogP contribution in [0.1, 0.15) is 40.4 Å². The molecule has 2 aromatic heterocycles. The molecule has 0 bridgehead atoms. The van der Waals surface area contributed by atoms with Gasteiger partial charge in [0.15, 0.2) is 12.0 Å². The summed E-state index contributed by atoms with van der Waals surface area (Å²) in [6, 6.07) is 14.2. The number of ether oxygens (including phenoxy) is 2. The number of halogens is 1. The standard InChI is InChI=1S/C28H27FN4O5/c1-18-7-3-4-8-21(18)32-25(19-9-11-22-23(15-19)37-17-31-22)26(34)28(29,33-13-5-6-14-33)38-24-12-10-20(16-30-24)27(35)36-2/h3-4,7-12,15-17,25,32H,5-6,13-14H2,1-2H3. The first-order valence-electron chi connectivity index (χ1n) is 12.3. The number of rotatable bonds is 9. The Morgan fingerprint density at radius 1 is 1.11 bits per heavy atom. The van der Waals surface area contributed by atoms with Crippen LogP contribution in [0, 0.1) is 6.92 Å². The van der Waals surface area contributed by atoms with E-state index in [0.29, 0.717) is 35.4 Å². The lowest BCUT2D eigenvalue weighted by atomic mass is 9.98. The first-order chi connectivity index (χ1) is 18.4. The number of para-hydroxylation sites is 1. The third-order valence-corrected chi connectivity index (χ3v) is 6.61. The number of aryl methyl sites for hydroxylation is 1. The summed E-state index contributed by atoms with van der Waals surface area (Å²) in [6.07, 6.45) is 3.97. The summed E-state index contributed by atoms with van der Waals surface area (Å²) in [7, 11) is 1.25. The van der Waals surface area contributed by atoms with Crippen molar-refractivity contribution in [1.82, 2.24) is 14.9 Å². The molecule has 5 rings (SSSR count). The average molecular weight is 519 g/mol. The van der Waals surface area contributed by atoms with Gasteiger partial charge >= 0.3 is 11.9 Å². The van der Waals surface area contributed by atoms with E-state index in [1.54, 1.807) is 18.2 Å². The van der Waals surface area contributed by atoms with Crippen molar-refractivity contribution >= 4 is 28.5 Å². The summed E-state index contributed by atoms with van der Waals surface area (Å²) in [6.45, 7) is 2.57. The highest BCUT2D eigenvalue weighted by Gasteiger charge is 2.52. The number of likely N-dealkylation sites (tertiary alicyclic amines) is 1. The van der Waals surface area contributed by atoms with E-state index < -0.39 is 23.8 Å². The second-order valence-electron chi connectivity index (χ2n) is 9.07. The van der Waals surface area contributed by atoms with Crippen LogP contribution in [0.3, 0.4) is 0 Å². The maximum absolute atomic E-state index is 17.0. The van der Waals surface area contributed by atoms with Gasteiger partial charge in [0.05, 0.1) is 12.7 Å². The number of benzene rings is 2. The predicted molar refractivity (Wildman–Crippen MR) is 137 cm³/mol. The first kappa shape index (κ1) is 25.3. The van der Waals surface area contributed by atoms with E-state index in [2.05, 4.69) is 15.3 Å². The normalized spacial score (nSPS) is 16.1. The zero-order valence-corrected chi connectivity index (χ0v) is 21.0. The maximum Gasteiger partial charge on any atom is 0.375 e. The Morgan fingerprint density at radius 2 is 1.89 bits per heavy atom. The largest absolute Gasteiger partial charge is 0.465 e. The van der Waals surface area contributed by atoms with Crippen LogP contribution in [0.25, 0.3) is 11.1 Å². The number of methoxy groups -OCH3 is 1. The Morgan fingerprint density at radius 3 is 2.61 bits per heavy atom. The van der Waals surface area contributed by atoms with Crippen molar-refractivity contribution in [2.24, 2.45) is 0 Å². The molecule has 196 valence electrons. The zero-order chi connectivity index (χ0) is 26.7. The molecule has 2 unspecified atom stereocenters. The molecule has 2 aromatic carbocycles. The number of hydrogen-bond acceptors (Lipinski definition) is 9. The molecule has 0 radical (unpaired) electrons. The molecule has 4 aromatic rings. The fourth-order valence-electron chi connectivity index (χ4n) is 4.51. The van der Waals surface area contributed by atoms with Crippen LogP contribution in [-0.2, 0) is 9.53 Å². The van der Waals surface area contributed by atoms with Crippen molar-refractivity contribution in [3.63, 3.8) is 0 Å². The van der Waals surface area contributed by atoms with E-state index in [0.717, 1.165) is 18.4 Å². The number of carbonyl (C=O) groups excluding carboxylic acids is 2. The molecule has 1 aliphatic heterocycles.